The minimum atomic E-state index is -0.119. The van der Waals surface area contributed by atoms with E-state index in [0.29, 0.717) is 19.6 Å². The third kappa shape index (κ3) is 7.67. The monoisotopic (exact) mass is 307 g/mol. The maximum Gasteiger partial charge on any atom is 0.239 e. The van der Waals surface area contributed by atoms with E-state index in [2.05, 4.69) is 10.6 Å². The smallest absolute Gasteiger partial charge is 0.239 e. The fourth-order valence-electron chi connectivity index (χ4n) is 2.10. The lowest BCUT2D eigenvalue weighted by Crippen LogP contribution is -2.40. The number of hydrogen-bond acceptors (Lipinski definition) is 4. The van der Waals surface area contributed by atoms with Crippen LogP contribution in [0.25, 0.3) is 0 Å². The summed E-state index contributed by atoms with van der Waals surface area (Å²) in [5.74, 6) is -0.0993. The number of carbonyl (C=O) groups is 2. The first kappa shape index (κ1) is 19.1. The normalized spacial score (nSPS) is 17.4. The van der Waals surface area contributed by atoms with Gasteiger partial charge in [-0.2, -0.15) is 0 Å². The zero-order valence-corrected chi connectivity index (χ0v) is 13.1. The quantitative estimate of drug-likeness (QED) is 0.627. The lowest BCUT2D eigenvalue weighted by atomic mass is 10.1. The highest BCUT2D eigenvalue weighted by atomic mass is 35.5. The number of nitrogens with one attached hydrogen (secondary N) is 2. The molecule has 0 aromatic rings. The number of rotatable bonds is 8. The molecule has 6 nitrogen and oxygen atoms in total. The van der Waals surface area contributed by atoms with Gasteiger partial charge in [0.1, 0.15) is 0 Å². The molecular weight excluding hydrogens is 282 g/mol. The number of nitrogens with zero attached hydrogens (tertiary/aromatic N) is 1. The Labute approximate surface area is 127 Å². The number of hydrogen-bond donors (Lipinski definition) is 2. The first-order chi connectivity index (χ1) is 9.13. The van der Waals surface area contributed by atoms with Crippen molar-refractivity contribution in [2.75, 3.05) is 40.4 Å². The van der Waals surface area contributed by atoms with Crippen LogP contribution in [-0.4, -0.2) is 63.2 Å². The van der Waals surface area contributed by atoms with E-state index in [1.165, 1.54) is 4.90 Å². The van der Waals surface area contributed by atoms with Crippen LogP contribution in [0.3, 0.4) is 0 Å². The van der Waals surface area contributed by atoms with Gasteiger partial charge in [0.05, 0.1) is 6.54 Å². The summed E-state index contributed by atoms with van der Waals surface area (Å²) in [6, 6.07) is 0.278. The molecule has 0 bridgehead atoms. The van der Waals surface area contributed by atoms with Crippen LogP contribution in [-0.2, 0) is 14.3 Å². The van der Waals surface area contributed by atoms with Crippen molar-refractivity contribution in [2.45, 2.75) is 31.7 Å². The van der Waals surface area contributed by atoms with E-state index in [-0.39, 0.29) is 36.8 Å². The molecule has 0 aliphatic carbocycles. The Hall–Kier alpha value is -0.850. The third-order valence-electron chi connectivity index (χ3n) is 3.24. The zero-order valence-electron chi connectivity index (χ0n) is 12.3. The lowest BCUT2D eigenvalue weighted by Gasteiger charge is -2.19. The van der Waals surface area contributed by atoms with Crippen molar-refractivity contribution in [3.8, 4) is 0 Å². The molecule has 118 valence electrons. The first-order valence-corrected chi connectivity index (χ1v) is 6.86. The molecule has 0 spiro atoms. The average Bonchev–Trinajstić information content (AvgIpc) is 2.87. The molecule has 0 radical (unpaired) electrons. The number of methoxy groups -OCH3 is 1. The van der Waals surface area contributed by atoms with Crippen molar-refractivity contribution in [1.29, 1.82) is 0 Å². The number of carbonyl (C=O) groups excluding carboxylic acids is 2. The fourth-order valence-corrected chi connectivity index (χ4v) is 2.10. The summed E-state index contributed by atoms with van der Waals surface area (Å²) in [4.78, 5) is 25.0. The van der Waals surface area contributed by atoms with Crippen LogP contribution in [0.5, 0.6) is 0 Å². The van der Waals surface area contributed by atoms with Crippen LogP contribution in [0.4, 0.5) is 0 Å². The van der Waals surface area contributed by atoms with Gasteiger partial charge in [0, 0.05) is 39.8 Å². The summed E-state index contributed by atoms with van der Waals surface area (Å²) in [7, 11) is 3.30. The Morgan fingerprint density at radius 2 is 2.20 bits per heavy atom. The Morgan fingerprint density at radius 1 is 1.45 bits per heavy atom. The fraction of sp³-hybridized carbons (Fsp3) is 0.846. The second kappa shape index (κ2) is 10.9. The minimum absolute atomic E-state index is 0. The highest BCUT2D eigenvalue weighted by Gasteiger charge is 2.20. The minimum Gasteiger partial charge on any atom is -0.385 e. The van der Waals surface area contributed by atoms with Crippen molar-refractivity contribution >= 4 is 24.2 Å². The van der Waals surface area contributed by atoms with Gasteiger partial charge in [0.25, 0.3) is 0 Å². The van der Waals surface area contributed by atoms with Crippen LogP contribution in [0.1, 0.15) is 25.7 Å². The Balaban J connectivity index is 0.00000361. The number of halogens is 1. The van der Waals surface area contributed by atoms with E-state index in [4.69, 9.17) is 4.74 Å². The standard InChI is InChI=1S/C13H25N3O3.ClH/c1-16(10-12(17)15-7-4-8-19-2)13(18)9-11-5-3-6-14-11;/h11,14H,3-10H2,1-2H3,(H,15,17);1H. The molecule has 0 aromatic heterocycles. The molecule has 20 heavy (non-hydrogen) atoms. The van der Waals surface area contributed by atoms with Crippen LogP contribution in [0, 0.1) is 0 Å². The van der Waals surface area contributed by atoms with Gasteiger partial charge in [-0.3, -0.25) is 9.59 Å². The number of amides is 2. The van der Waals surface area contributed by atoms with Gasteiger partial charge >= 0.3 is 0 Å². The second-order valence-electron chi connectivity index (χ2n) is 4.94. The van der Waals surface area contributed by atoms with Gasteiger partial charge in [0.15, 0.2) is 0 Å². The van der Waals surface area contributed by atoms with Crippen LogP contribution in [0.2, 0.25) is 0 Å². The SMILES string of the molecule is COCCCNC(=O)CN(C)C(=O)CC1CCCN1.Cl. The summed E-state index contributed by atoms with van der Waals surface area (Å²) < 4.78 is 4.89. The van der Waals surface area contributed by atoms with Crippen LogP contribution >= 0.6 is 12.4 Å². The molecule has 1 heterocycles. The van der Waals surface area contributed by atoms with Gasteiger partial charge in [-0.25, -0.2) is 0 Å². The molecule has 1 saturated heterocycles. The predicted molar refractivity (Wildman–Crippen MR) is 80.0 cm³/mol. The molecule has 0 aromatic carbocycles. The maximum atomic E-state index is 11.9. The Kier molecular flexibility index (Phi) is 10.4. The van der Waals surface area contributed by atoms with Crippen molar-refractivity contribution in [3.63, 3.8) is 0 Å². The molecule has 1 rings (SSSR count). The molecule has 0 saturated carbocycles. The van der Waals surface area contributed by atoms with E-state index in [9.17, 15) is 9.59 Å². The third-order valence-corrected chi connectivity index (χ3v) is 3.24. The number of likely N-dealkylation sites (N-methyl/N-ethyl adjacent to an activating group) is 1. The molecule has 7 heteroatoms. The summed E-state index contributed by atoms with van der Waals surface area (Å²) in [5.41, 5.74) is 0. The Morgan fingerprint density at radius 3 is 2.80 bits per heavy atom. The summed E-state index contributed by atoms with van der Waals surface area (Å²) in [5, 5.41) is 6.05. The van der Waals surface area contributed by atoms with E-state index >= 15 is 0 Å². The van der Waals surface area contributed by atoms with Crippen LogP contribution < -0.4 is 10.6 Å². The molecular formula is C13H26ClN3O3. The lowest BCUT2D eigenvalue weighted by molar-refractivity contribution is -0.135. The second-order valence-corrected chi connectivity index (χ2v) is 4.94. The molecule has 2 amide bonds. The molecule has 1 unspecified atom stereocenters. The summed E-state index contributed by atoms with van der Waals surface area (Å²) >= 11 is 0. The van der Waals surface area contributed by atoms with E-state index in [1.54, 1.807) is 14.2 Å². The molecule has 1 aliphatic heterocycles. The van der Waals surface area contributed by atoms with Gasteiger partial charge < -0.3 is 20.3 Å². The average molecular weight is 308 g/mol. The van der Waals surface area contributed by atoms with Gasteiger partial charge in [-0.1, -0.05) is 0 Å². The topological polar surface area (TPSA) is 70.7 Å². The summed E-state index contributed by atoms with van der Waals surface area (Å²) in [6.07, 6.45) is 3.43. The zero-order chi connectivity index (χ0) is 14.1. The Bertz CT molecular complexity index is 297. The van der Waals surface area contributed by atoms with Crippen molar-refractivity contribution in [1.82, 2.24) is 15.5 Å². The molecule has 1 atom stereocenters. The highest BCUT2D eigenvalue weighted by Crippen LogP contribution is 2.09. The molecule has 1 aliphatic rings. The first-order valence-electron chi connectivity index (χ1n) is 6.86. The van der Waals surface area contributed by atoms with Crippen molar-refractivity contribution in [3.05, 3.63) is 0 Å². The maximum absolute atomic E-state index is 11.9. The molecule has 2 N–H and O–H groups in total. The van der Waals surface area contributed by atoms with Crippen molar-refractivity contribution in [2.24, 2.45) is 0 Å². The van der Waals surface area contributed by atoms with Gasteiger partial charge in [0.2, 0.25) is 11.8 Å². The van der Waals surface area contributed by atoms with Gasteiger partial charge in [-0.15, -0.1) is 12.4 Å². The highest BCUT2D eigenvalue weighted by molar-refractivity contribution is 5.85. The van der Waals surface area contributed by atoms with Crippen LogP contribution in [0.15, 0.2) is 0 Å². The van der Waals surface area contributed by atoms with E-state index in [1.807, 2.05) is 0 Å². The van der Waals surface area contributed by atoms with Crippen molar-refractivity contribution < 1.29 is 14.3 Å². The largest absolute Gasteiger partial charge is 0.385 e. The van der Waals surface area contributed by atoms with E-state index < -0.39 is 0 Å². The molecule has 1 fully saturated rings. The van der Waals surface area contributed by atoms with Gasteiger partial charge in [-0.05, 0) is 25.8 Å². The predicted octanol–water partition coefficient (Wildman–Crippen LogP) is 0.161. The van der Waals surface area contributed by atoms with E-state index in [0.717, 1.165) is 25.8 Å². The summed E-state index contributed by atoms with van der Waals surface area (Å²) in [6.45, 7) is 2.32. The number of ether oxygens (including phenoxy) is 1.